The summed E-state index contributed by atoms with van der Waals surface area (Å²) in [4.78, 5) is 22.6. The number of carboxylic acids is 1. The van der Waals surface area contributed by atoms with E-state index >= 15 is 0 Å². The number of rotatable bonds is 4. The molecule has 0 unspecified atom stereocenters. The Morgan fingerprint density at radius 1 is 1.44 bits per heavy atom. The minimum absolute atomic E-state index is 0.0835. The van der Waals surface area contributed by atoms with Crippen LogP contribution in [0.25, 0.3) is 0 Å². The standard InChI is InChI=1S/C11H9ClN4O2/c12-9-3-7(11(17)18)4-10(16-9)14-5-8-1-2-13-6-15-8/h1-4,6H,5H2,(H,14,16)(H,17,18). The smallest absolute Gasteiger partial charge is 0.335 e. The molecule has 18 heavy (non-hydrogen) atoms. The van der Waals surface area contributed by atoms with Gasteiger partial charge >= 0.3 is 5.97 Å². The number of hydrogen-bond donors (Lipinski definition) is 2. The average Bonchev–Trinajstić information content (AvgIpc) is 2.37. The van der Waals surface area contributed by atoms with Gasteiger partial charge < -0.3 is 10.4 Å². The van der Waals surface area contributed by atoms with Gasteiger partial charge in [0.05, 0.1) is 17.8 Å². The van der Waals surface area contributed by atoms with Crippen molar-refractivity contribution in [3.05, 3.63) is 47.1 Å². The van der Waals surface area contributed by atoms with Crippen LogP contribution in [0.2, 0.25) is 5.15 Å². The number of nitrogens with zero attached hydrogens (tertiary/aromatic N) is 3. The topological polar surface area (TPSA) is 88.0 Å². The number of aromatic carboxylic acids is 1. The summed E-state index contributed by atoms with van der Waals surface area (Å²) < 4.78 is 0. The number of nitrogens with one attached hydrogen (secondary N) is 1. The molecule has 2 heterocycles. The van der Waals surface area contributed by atoms with Crippen LogP contribution in [-0.2, 0) is 6.54 Å². The van der Waals surface area contributed by atoms with E-state index in [-0.39, 0.29) is 10.7 Å². The minimum Gasteiger partial charge on any atom is -0.478 e. The fourth-order valence-corrected chi connectivity index (χ4v) is 1.52. The number of carboxylic acid groups (broad SMARTS) is 1. The molecule has 2 aromatic heterocycles. The highest BCUT2D eigenvalue weighted by Crippen LogP contribution is 2.15. The van der Waals surface area contributed by atoms with E-state index in [2.05, 4.69) is 20.3 Å². The van der Waals surface area contributed by atoms with E-state index in [1.54, 1.807) is 12.3 Å². The van der Waals surface area contributed by atoms with Crippen LogP contribution in [0.15, 0.2) is 30.7 Å². The lowest BCUT2D eigenvalue weighted by Gasteiger charge is -2.06. The van der Waals surface area contributed by atoms with Crippen molar-refractivity contribution in [3.63, 3.8) is 0 Å². The van der Waals surface area contributed by atoms with Gasteiger partial charge in [0.15, 0.2) is 0 Å². The summed E-state index contributed by atoms with van der Waals surface area (Å²) in [5.41, 5.74) is 0.851. The molecule has 0 bridgehead atoms. The maximum Gasteiger partial charge on any atom is 0.335 e. The highest BCUT2D eigenvalue weighted by molar-refractivity contribution is 6.29. The predicted molar refractivity (Wildman–Crippen MR) is 65.6 cm³/mol. The molecule has 0 aliphatic rings. The highest BCUT2D eigenvalue weighted by Gasteiger charge is 2.07. The molecule has 2 rings (SSSR count). The maximum atomic E-state index is 10.8. The first-order valence-corrected chi connectivity index (χ1v) is 5.42. The number of hydrogen-bond acceptors (Lipinski definition) is 5. The summed E-state index contributed by atoms with van der Waals surface area (Å²) in [7, 11) is 0. The van der Waals surface area contributed by atoms with Crippen LogP contribution >= 0.6 is 11.6 Å². The predicted octanol–water partition coefficient (Wildman–Crippen LogP) is 1.84. The molecule has 0 aliphatic heterocycles. The van der Waals surface area contributed by atoms with Crippen molar-refractivity contribution in [1.82, 2.24) is 15.0 Å². The van der Waals surface area contributed by atoms with Gasteiger partial charge in [0, 0.05) is 6.20 Å². The molecule has 0 atom stereocenters. The molecule has 0 spiro atoms. The average molecular weight is 265 g/mol. The molecule has 0 fully saturated rings. The Morgan fingerprint density at radius 3 is 2.94 bits per heavy atom. The van der Waals surface area contributed by atoms with E-state index in [1.165, 1.54) is 18.5 Å². The number of anilines is 1. The van der Waals surface area contributed by atoms with Crippen molar-refractivity contribution in [2.45, 2.75) is 6.54 Å². The molecular weight excluding hydrogens is 256 g/mol. The van der Waals surface area contributed by atoms with E-state index in [0.29, 0.717) is 12.4 Å². The fraction of sp³-hybridized carbons (Fsp3) is 0.0909. The number of carbonyl (C=O) groups is 1. The molecule has 0 saturated carbocycles. The first-order chi connectivity index (χ1) is 8.65. The van der Waals surface area contributed by atoms with Crippen molar-refractivity contribution in [2.24, 2.45) is 0 Å². The van der Waals surface area contributed by atoms with Crippen molar-refractivity contribution < 1.29 is 9.90 Å². The SMILES string of the molecule is O=C(O)c1cc(Cl)nc(NCc2ccncn2)c1. The minimum atomic E-state index is -1.05. The van der Waals surface area contributed by atoms with E-state index in [1.807, 2.05) is 0 Å². The molecule has 2 N–H and O–H groups in total. The highest BCUT2D eigenvalue weighted by atomic mass is 35.5. The summed E-state index contributed by atoms with van der Waals surface area (Å²) in [6, 6.07) is 4.45. The second-order valence-corrected chi connectivity index (χ2v) is 3.81. The Hall–Kier alpha value is -2.21. The zero-order chi connectivity index (χ0) is 13.0. The molecule has 2 aromatic rings. The Balaban J connectivity index is 2.12. The summed E-state index contributed by atoms with van der Waals surface area (Å²) in [6.45, 7) is 0.412. The van der Waals surface area contributed by atoms with Gasteiger partial charge in [0.1, 0.15) is 17.3 Å². The van der Waals surface area contributed by atoms with Crippen molar-refractivity contribution in [2.75, 3.05) is 5.32 Å². The fourth-order valence-electron chi connectivity index (χ4n) is 1.31. The molecule has 0 saturated heterocycles. The second-order valence-electron chi connectivity index (χ2n) is 3.42. The molecule has 92 valence electrons. The normalized spacial score (nSPS) is 10.1. The van der Waals surface area contributed by atoms with Crippen LogP contribution in [0.3, 0.4) is 0 Å². The van der Waals surface area contributed by atoms with Gasteiger partial charge in [-0.05, 0) is 18.2 Å². The van der Waals surface area contributed by atoms with Crippen molar-refractivity contribution in [1.29, 1.82) is 0 Å². The van der Waals surface area contributed by atoms with Crippen LogP contribution in [0.5, 0.6) is 0 Å². The third-order valence-corrected chi connectivity index (χ3v) is 2.33. The molecule has 7 heteroatoms. The van der Waals surface area contributed by atoms with E-state index < -0.39 is 5.97 Å². The molecule has 6 nitrogen and oxygen atoms in total. The van der Waals surface area contributed by atoms with Crippen LogP contribution in [0.1, 0.15) is 16.1 Å². The van der Waals surface area contributed by atoms with E-state index in [9.17, 15) is 4.79 Å². The van der Waals surface area contributed by atoms with E-state index in [4.69, 9.17) is 16.7 Å². The number of halogens is 1. The zero-order valence-electron chi connectivity index (χ0n) is 9.17. The largest absolute Gasteiger partial charge is 0.478 e. The zero-order valence-corrected chi connectivity index (χ0v) is 9.92. The first kappa shape index (κ1) is 12.3. The van der Waals surface area contributed by atoms with Crippen molar-refractivity contribution >= 4 is 23.4 Å². The molecule has 0 aromatic carbocycles. The number of aromatic nitrogens is 3. The first-order valence-electron chi connectivity index (χ1n) is 5.05. The molecule has 0 amide bonds. The maximum absolute atomic E-state index is 10.8. The lowest BCUT2D eigenvalue weighted by Crippen LogP contribution is -2.05. The van der Waals surface area contributed by atoms with Crippen LogP contribution in [0.4, 0.5) is 5.82 Å². The third kappa shape index (κ3) is 3.14. The summed E-state index contributed by atoms with van der Waals surface area (Å²) in [5, 5.41) is 12.0. The monoisotopic (exact) mass is 264 g/mol. The quantitative estimate of drug-likeness (QED) is 0.819. The van der Waals surface area contributed by atoms with Gasteiger partial charge in [-0.25, -0.2) is 19.7 Å². The van der Waals surface area contributed by atoms with E-state index in [0.717, 1.165) is 5.69 Å². The van der Waals surface area contributed by atoms with Crippen molar-refractivity contribution in [3.8, 4) is 0 Å². The van der Waals surface area contributed by atoms with Gasteiger partial charge in [-0.2, -0.15) is 0 Å². The Kier molecular flexibility index (Phi) is 3.69. The van der Waals surface area contributed by atoms with Gasteiger partial charge in [-0.15, -0.1) is 0 Å². The summed E-state index contributed by atoms with van der Waals surface area (Å²) in [5.74, 6) is -0.664. The summed E-state index contributed by atoms with van der Waals surface area (Å²) >= 11 is 5.74. The van der Waals surface area contributed by atoms with Gasteiger partial charge in [-0.1, -0.05) is 11.6 Å². The molecule has 0 aliphatic carbocycles. The Bertz CT molecular complexity index is 562. The van der Waals surface area contributed by atoms with Crippen LogP contribution in [0, 0.1) is 0 Å². The van der Waals surface area contributed by atoms with Gasteiger partial charge in [0.2, 0.25) is 0 Å². The number of pyridine rings is 1. The van der Waals surface area contributed by atoms with Gasteiger partial charge in [-0.3, -0.25) is 0 Å². The van der Waals surface area contributed by atoms with Gasteiger partial charge in [0.25, 0.3) is 0 Å². The lowest BCUT2D eigenvalue weighted by molar-refractivity contribution is 0.0697. The molecule has 0 radical (unpaired) electrons. The summed E-state index contributed by atoms with van der Waals surface area (Å²) in [6.07, 6.45) is 3.06. The third-order valence-electron chi connectivity index (χ3n) is 2.13. The molecular formula is C11H9ClN4O2. The second kappa shape index (κ2) is 5.42. The van der Waals surface area contributed by atoms with Crippen LogP contribution < -0.4 is 5.32 Å². The van der Waals surface area contributed by atoms with Crippen LogP contribution in [-0.4, -0.2) is 26.0 Å². The Labute approximate surface area is 108 Å². The Morgan fingerprint density at radius 2 is 2.28 bits per heavy atom. The lowest BCUT2D eigenvalue weighted by atomic mass is 10.2.